The van der Waals surface area contributed by atoms with Gasteiger partial charge >= 0.3 is 22.1 Å². The summed E-state index contributed by atoms with van der Waals surface area (Å²) in [7, 11) is -1.31. The van der Waals surface area contributed by atoms with Crippen molar-refractivity contribution in [3.05, 3.63) is 59.7 Å². The van der Waals surface area contributed by atoms with Crippen molar-refractivity contribution in [2.45, 2.75) is 12.3 Å². The lowest BCUT2D eigenvalue weighted by Gasteiger charge is -2.18. The third-order valence-electron chi connectivity index (χ3n) is 6.27. The fraction of sp³-hybridized carbons (Fsp3) is 0.154. The first-order chi connectivity index (χ1) is 19.2. The third-order valence-corrected chi connectivity index (χ3v) is 7.73. The van der Waals surface area contributed by atoms with E-state index in [-0.39, 0.29) is 45.4 Å². The molecule has 214 valence electrons. The highest BCUT2D eigenvalue weighted by Gasteiger charge is 2.28. The van der Waals surface area contributed by atoms with Gasteiger partial charge in [0.25, 0.3) is 0 Å². The molecule has 41 heavy (non-hydrogen) atoms. The summed E-state index contributed by atoms with van der Waals surface area (Å²) in [6, 6.07) is 10.9. The summed E-state index contributed by atoms with van der Waals surface area (Å²) in [5, 5.41) is 48.9. The van der Waals surface area contributed by atoms with Gasteiger partial charge in [0, 0.05) is 30.8 Å². The van der Waals surface area contributed by atoms with E-state index in [0.29, 0.717) is 16.6 Å². The zero-order chi connectivity index (χ0) is 30.2. The molecule has 15 heteroatoms. The molecule has 1 heterocycles. The van der Waals surface area contributed by atoms with Crippen molar-refractivity contribution in [3.8, 4) is 34.0 Å². The Kier molecular flexibility index (Phi) is 7.59. The van der Waals surface area contributed by atoms with Gasteiger partial charge in [-0.25, -0.2) is 4.98 Å². The number of phenols is 2. The first-order valence-electron chi connectivity index (χ1n) is 11.9. The second-order valence-corrected chi connectivity index (χ2v) is 11.2. The summed E-state index contributed by atoms with van der Waals surface area (Å²) >= 11 is 0. The van der Waals surface area contributed by atoms with Crippen LogP contribution in [0.1, 0.15) is 23.5 Å². The number of fused-ring (bicyclic) bond motifs is 1. The molecule has 1 unspecified atom stereocenters. The maximum absolute atomic E-state index is 12.4. The molecule has 9 N–H and O–H groups in total. The van der Waals surface area contributed by atoms with Crippen LogP contribution in [0, 0.1) is 5.41 Å². The van der Waals surface area contributed by atoms with Gasteiger partial charge in [-0.3, -0.25) is 19.7 Å². The van der Waals surface area contributed by atoms with Gasteiger partial charge in [0.2, 0.25) is 0 Å². The fourth-order valence-electron chi connectivity index (χ4n) is 4.12. The van der Waals surface area contributed by atoms with Crippen LogP contribution in [0.5, 0.6) is 11.5 Å². The molecule has 0 saturated carbocycles. The van der Waals surface area contributed by atoms with Crippen LogP contribution in [0.2, 0.25) is 0 Å². The van der Waals surface area contributed by atoms with Gasteiger partial charge in [0.15, 0.2) is 0 Å². The number of amidine groups is 1. The molecule has 0 aliphatic heterocycles. The summed E-state index contributed by atoms with van der Waals surface area (Å²) < 4.78 is 28.0. The number of carbonyl (C=O) groups is 2. The van der Waals surface area contributed by atoms with Crippen molar-refractivity contribution in [1.29, 1.82) is 5.41 Å². The van der Waals surface area contributed by atoms with Crippen LogP contribution in [-0.2, 0) is 19.8 Å². The monoisotopic (exact) mass is 582 g/mol. The number of anilines is 1. The molecule has 0 amide bonds. The summed E-state index contributed by atoms with van der Waals surface area (Å²) in [6.45, 7) is 0. The van der Waals surface area contributed by atoms with Crippen molar-refractivity contribution in [1.82, 2.24) is 14.3 Å². The van der Waals surface area contributed by atoms with E-state index in [1.165, 1.54) is 50.5 Å². The quantitative estimate of drug-likeness (QED) is 0.0771. The molecule has 0 bridgehead atoms. The van der Waals surface area contributed by atoms with Crippen molar-refractivity contribution >= 4 is 44.7 Å². The molecule has 0 aliphatic rings. The zero-order valence-corrected chi connectivity index (χ0v) is 22.5. The first kappa shape index (κ1) is 28.8. The van der Waals surface area contributed by atoms with Gasteiger partial charge in [0.05, 0.1) is 34.6 Å². The van der Waals surface area contributed by atoms with E-state index in [4.69, 9.17) is 11.1 Å². The standard InChI is InChI=1S/C26H26N6O8S/c1-32(2)41(39,40)31-14-4-6-21(33)16(10-14)17-7-13(15(26(37)38)11-22(34)35)8-18(23(17)36)25-29-19-5-3-12(24(27)28)9-20(19)30-25/h3-10,15,31,33,36H,11H2,1-2H3,(H3,27,28)(H,29,30)(H,34,35)(H,37,38). The lowest BCUT2D eigenvalue weighted by atomic mass is 9.89. The highest BCUT2D eigenvalue weighted by atomic mass is 32.2. The number of nitrogen functional groups attached to an aromatic ring is 1. The lowest BCUT2D eigenvalue weighted by molar-refractivity contribution is -0.145. The molecule has 4 rings (SSSR count). The first-order valence-corrected chi connectivity index (χ1v) is 13.3. The third kappa shape index (κ3) is 5.90. The Hall–Kier alpha value is -5.15. The van der Waals surface area contributed by atoms with Gasteiger partial charge in [-0.1, -0.05) is 0 Å². The number of hydrogen-bond donors (Lipinski definition) is 8. The second-order valence-electron chi connectivity index (χ2n) is 9.31. The van der Waals surface area contributed by atoms with Crippen molar-refractivity contribution in [2.75, 3.05) is 18.8 Å². The Bertz CT molecular complexity index is 1820. The van der Waals surface area contributed by atoms with Crippen LogP contribution in [-0.4, -0.2) is 75.0 Å². The predicted molar refractivity (Wildman–Crippen MR) is 150 cm³/mol. The number of aromatic hydroxyl groups is 2. The number of H-pyrrole nitrogens is 1. The highest BCUT2D eigenvalue weighted by molar-refractivity contribution is 7.90. The minimum atomic E-state index is -3.94. The smallest absolute Gasteiger partial charge is 0.311 e. The van der Waals surface area contributed by atoms with Crippen LogP contribution < -0.4 is 10.5 Å². The van der Waals surface area contributed by atoms with Crippen LogP contribution in [0.3, 0.4) is 0 Å². The molecule has 4 aromatic rings. The normalized spacial score (nSPS) is 12.4. The van der Waals surface area contributed by atoms with E-state index >= 15 is 0 Å². The van der Waals surface area contributed by atoms with E-state index < -0.39 is 40.2 Å². The molecule has 0 spiro atoms. The van der Waals surface area contributed by atoms with Gasteiger partial charge in [-0.15, -0.1) is 0 Å². The van der Waals surface area contributed by atoms with E-state index in [1.807, 2.05) is 0 Å². The minimum absolute atomic E-state index is 0.0200. The van der Waals surface area contributed by atoms with Crippen LogP contribution in [0.25, 0.3) is 33.5 Å². The Morgan fingerprint density at radius 2 is 1.73 bits per heavy atom. The molecule has 1 aromatic heterocycles. The Labute approximate surface area is 233 Å². The molecule has 14 nitrogen and oxygen atoms in total. The molecular formula is C26H26N6O8S. The number of nitrogens with one attached hydrogen (secondary N) is 3. The second kappa shape index (κ2) is 10.8. The molecule has 1 atom stereocenters. The number of carboxylic acids is 2. The van der Waals surface area contributed by atoms with E-state index in [1.54, 1.807) is 12.1 Å². The average molecular weight is 583 g/mol. The predicted octanol–water partition coefficient (Wildman–Crippen LogP) is 2.45. The molecule has 0 radical (unpaired) electrons. The van der Waals surface area contributed by atoms with Gasteiger partial charge in [0.1, 0.15) is 23.2 Å². The van der Waals surface area contributed by atoms with Gasteiger partial charge in [-0.05, 0) is 54.1 Å². The maximum atomic E-state index is 12.4. The van der Waals surface area contributed by atoms with E-state index in [9.17, 15) is 38.4 Å². The molecule has 0 fully saturated rings. The number of carboxylic acid groups (broad SMARTS) is 2. The molecule has 0 saturated heterocycles. The number of rotatable bonds is 10. The number of aromatic amines is 1. The maximum Gasteiger partial charge on any atom is 0.311 e. The van der Waals surface area contributed by atoms with E-state index in [0.717, 1.165) is 4.31 Å². The van der Waals surface area contributed by atoms with E-state index in [2.05, 4.69) is 14.7 Å². The number of phenolic OH excluding ortho intramolecular Hbond substituents is 2. The average Bonchev–Trinajstić information content (AvgIpc) is 3.31. The molecule has 3 aromatic carbocycles. The SMILES string of the molecule is CN(C)S(=O)(=O)Nc1ccc(O)c(-c2cc(C(CC(=O)O)C(=O)O)cc(-c3nc4cc(C(=N)N)ccc4[nH]3)c2O)c1. The summed E-state index contributed by atoms with van der Waals surface area (Å²) in [5.74, 6) is -5.32. The Morgan fingerprint density at radius 3 is 2.34 bits per heavy atom. The van der Waals surface area contributed by atoms with Crippen LogP contribution >= 0.6 is 0 Å². The van der Waals surface area contributed by atoms with Crippen molar-refractivity contribution < 1.29 is 38.4 Å². The molecular weight excluding hydrogens is 556 g/mol. The Morgan fingerprint density at radius 1 is 1.05 bits per heavy atom. The number of nitrogens with zero attached hydrogens (tertiary/aromatic N) is 2. The molecule has 0 aliphatic carbocycles. The Balaban J connectivity index is 1.98. The lowest BCUT2D eigenvalue weighted by Crippen LogP contribution is -2.28. The van der Waals surface area contributed by atoms with Gasteiger partial charge < -0.3 is 31.1 Å². The number of nitrogens with two attached hydrogens (primary N) is 1. The van der Waals surface area contributed by atoms with Crippen LogP contribution in [0.15, 0.2) is 48.5 Å². The number of hydrogen-bond acceptors (Lipinski definition) is 8. The summed E-state index contributed by atoms with van der Waals surface area (Å²) in [5.41, 5.74) is 6.64. The summed E-state index contributed by atoms with van der Waals surface area (Å²) in [6.07, 6.45) is -0.782. The zero-order valence-electron chi connectivity index (χ0n) is 21.7. The number of benzene rings is 3. The number of aliphatic carboxylic acids is 2. The van der Waals surface area contributed by atoms with Crippen molar-refractivity contribution in [2.24, 2.45) is 5.73 Å². The minimum Gasteiger partial charge on any atom is -0.507 e. The summed E-state index contributed by atoms with van der Waals surface area (Å²) in [4.78, 5) is 31.0. The van der Waals surface area contributed by atoms with Crippen LogP contribution in [0.4, 0.5) is 5.69 Å². The number of aromatic nitrogens is 2. The largest absolute Gasteiger partial charge is 0.507 e. The number of imidazole rings is 1. The highest BCUT2D eigenvalue weighted by Crippen LogP contribution is 2.44. The fourth-order valence-corrected chi connectivity index (χ4v) is 4.73. The van der Waals surface area contributed by atoms with Crippen molar-refractivity contribution in [3.63, 3.8) is 0 Å². The van der Waals surface area contributed by atoms with Gasteiger partial charge in [-0.2, -0.15) is 12.7 Å². The topological polar surface area (TPSA) is 243 Å².